The molecule has 2 aromatic rings. The molecule has 0 radical (unpaired) electrons. The summed E-state index contributed by atoms with van der Waals surface area (Å²) in [6, 6.07) is 13.7. The number of rotatable bonds is 4. The largest absolute Gasteiger partial charge is 0.369 e. The summed E-state index contributed by atoms with van der Waals surface area (Å²) < 4.78 is 0. The van der Waals surface area contributed by atoms with Crippen LogP contribution in [-0.4, -0.2) is 27.5 Å². The number of carbonyl (C=O) groups excluding carboxylic acids is 1. The number of nitrogens with zero attached hydrogens (tertiary/aromatic N) is 2. The minimum absolute atomic E-state index is 0.331. The lowest BCUT2D eigenvalue weighted by Crippen LogP contribution is -2.51. The summed E-state index contributed by atoms with van der Waals surface area (Å²) >= 11 is 2.94. The number of aliphatic imine (C=N–C) groups is 1. The van der Waals surface area contributed by atoms with E-state index in [9.17, 15) is 15.2 Å². The van der Waals surface area contributed by atoms with Crippen molar-refractivity contribution in [3.05, 3.63) is 52.2 Å². The molecule has 0 bridgehead atoms. The quantitative estimate of drug-likeness (QED) is 0.777. The van der Waals surface area contributed by atoms with Gasteiger partial charge in [-0.3, -0.25) is 4.79 Å². The van der Waals surface area contributed by atoms with Gasteiger partial charge in [0.25, 0.3) is 0 Å². The number of aryl methyl sites for hydroxylation is 1. The molecule has 2 N–H and O–H groups in total. The van der Waals surface area contributed by atoms with Crippen LogP contribution in [0.3, 0.4) is 0 Å². The van der Waals surface area contributed by atoms with Crippen LogP contribution in [0.5, 0.6) is 0 Å². The smallest absolute Gasteiger partial charge is 0.233 e. The van der Waals surface area contributed by atoms with Gasteiger partial charge < -0.3 is 10.4 Å². The molecule has 1 aromatic carbocycles. The SMILES string of the molecule is CCSC1=N[C@](C)(O)[C@H](C(=O)Nc2ccccc2C)[C@@H](c2cccs2)C1C#N. The average Bonchev–Trinajstić information content (AvgIpc) is 3.17. The molecule has 2 heterocycles. The maximum atomic E-state index is 13.3. The Morgan fingerprint density at radius 2 is 2.14 bits per heavy atom. The minimum Gasteiger partial charge on any atom is -0.369 e. The lowest BCUT2D eigenvalue weighted by Gasteiger charge is -2.41. The molecule has 28 heavy (non-hydrogen) atoms. The molecule has 0 saturated heterocycles. The number of thiophene rings is 1. The van der Waals surface area contributed by atoms with E-state index < -0.39 is 23.5 Å². The maximum absolute atomic E-state index is 13.3. The lowest BCUT2D eigenvalue weighted by molar-refractivity contribution is -0.130. The third-order valence-electron chi connectivity index (χ3n) is 4.90. The van der Waals surface area contributed by atoms with Crippen molar-refractivity contribution in [1.29, 1.82) is 5.26 Å². The van der Waals surface area contributed by atoms with Crippen molar-refractivity contribution in [3.63, 3.8) is 0 Å². The van der Waals surface area contributed by atoms with Crippen LogP contribution in [0, 0.1) is 30.1 Å². The molecular weight excluding hydrogens is 390 g/mol. The Balaban J connectivity index is 2.06. The lowest BCUT2D eigenvalue weighted by atomic mass is 9.73. The molecule has 1 unspecified atom stereocenters. The summed E-state index contributed by atoms with van der Waals surface area (Å²) in [6.07, 6.45) is 0. The highest BCUT2D eigenvalue weighted by molar-refractivity contribution is 8.14. The molecule has 1 aliphatic heterocycles. The minimum atomic E-state index is -1.60. The van der Waals surface area contributed by atoms with Gasteiger partial charge >= 0.3 is 0 Å². The monoisotopic (exact) mass is 413 g/mol. The van der Waals surface area contributed by atoms with Crippen LogP contribution >= 0.6 is 23.1 Å². The zero-order valence-corrected chi connectivity index (χ0v) is 17.7. The molecule has 0 saturated carbocycles. The molecule has 7 heteroatoms. The molecule has 0 spiro atoms. The molecule has 5 nitrogen and oxygen atoms in total. The highest BCUT2D eigenvalue weighted by Gasteiger charge is 2.52. The van der Waals surface area contributed by atoms with Crippen molar-refractivity contribution in [2.75, 3.05) is 11.1 Å². The van der Waals surface area contributed by atoms with Gasteiger partial charge in [0.15, 0.2) is 5.72 Å². The summed E-state index contributed by atoms with van der Waals surface area (Å²) in [6.45, 7) is 5.45. The van der Waals surface area contributed by atoms with Crippen molar-refractivity contribution in [1.82, 2.24) is 0 Å². The zero-order chi connectivity index (χ0) is 20.3. The van der Waals surface area contributed by atoms with Gasteiger partial charge in [0, 0.05) is 16.5 Å². The van der Waals surface area contributed by atoms with Gasteiger partial charge in [-0.05, 0) is 42.7 Å². The Labute approximate surface area is 173 Å². The Bertz CT molecular complexity index is 916. The van der Waals surface area contributed by atoms with Gasteiger partial charge in [-0.1, -0.05) is 31.2 Å². The maximum Gasteiger partial charge on any atom is 0.233 e. The molecule has 0 fully saturated rings. The third kappa shape index (κ3) is 4.00. The van der Waals surface area contributed by atoms with E-state index in [4.69, 9.17) is 0 Å². The number of para-hydroxylation sites is 1. The molecule has 3 rings (SSSR count). The number of aliphatic hydroxyl groups is 1. The Kier molecular flexibility index (Phi) is 6.23. The number of carbonyl (C=O) groups is 1. The van der Waals surface area contributed by atoms with Gasteiger partial charge in [-0.25, -0.2) is 4.99 Å². The molecule has 146 valence electrons. The van der Waals surface area contributed by atoms with Crippen LogP contribution < -0.4 is 5.32 Å². The van der Waals surface area contributed by atoms with E-state index in [1.165, 1.54) is 23.1 Å². The number of thioether (sulfide) groups is 1. The van der Waals surface area contributed by atoms with Crippen LogP contribution in [-0.2, 0) is 4.79 Å². The van der Waals surface area contributed by atoms with Gasteiger partial charge in [0.1, 0.15) is 5.92 Å². The van der Waals surface area contributed by atoms with Crippen molar-refractivity contribution >= 4 is 39.7 Å². The molecule has 1 aromatic heterocycles. The van der Waals surface area contributed by atoms with Gasteiger partial charge in [0.2, 0.25) is 5.91 Å². The average molecular weight is 414 g/mol. The summed E-state index contributed by atoms with van der Waals surface area (Å²) in [4.78, 5) is 18.7. The van der Waals surface area contributed by atoms with Crippen LogP contribution in [0.1, 0.15) is 30.2 Å². The van der Waals surface area contributed by atoms with E-state index >= 15 is 0 Å². The summed E-state index contributed by atoms with van der Waals surface area (Å²) in [5.41, 5.74) is 0.0210. The first-order valence-electron chi connectivity index (χ1n) is 9.13. The Hall–Kier alpha value is -2.14. The highest BCUT2D eigenvalue weighted by atomic mass is 32.2. The van der Waals surface area contributed by atoms with E-state index in [2.05, 4.69) is 16.4 Å². The molecular formula is C21H23N3O2S2. The summed E-state index contributed by atoms with van der Waals surface area (Å²) in [5.74, 6) is -1.50. The zero-order valence-electron chi connectivity index (χ0n) is 16.0. The molecule has 1 amide bonds. The third-order valence-corrected chi connectivity index (χ3v) is 6.80. The Morgan fingerprint density at radius 1 is 1.39 bits per heavy atom. The second-order valence-corrected chi connectivity index (χ2v) is 9.17. The van der Waals surface area contributed by atoms with E-state index in [-0.39, 0.29) is 5.91 Å². The number of nitrogens with one attached hydrogen (secondary N) is 1. The first kappa shape index (κ1) is 20.6. The van der Waals surface area contributed by atoms with Crippen molar-refractivity contribution in [3.8, 4) is 6.07 Å². The topological polar surface area (TPSA) is 85.5 Å². The van der Waals surface area contributed by atoms with Gasteiger partial charge in [-0.15, -0.1) is 23.1 Å². The molecule has 1 aliphatic rings. The second kappa shape index (κ2) is 8.48. The summed E-state index contributed by atoms with van der Waals surface area (Å²) in [5, 5.41) is 26.5. The van der Waals surface area contributed by atoms with E-state index in [0.717, 1.165) is 16.2 Å². The Morgan fingerprint density at radius 3 is 2.75 bits per heavy atom. The first-order valence-corrected chi connectivity index (χ1v) is 11.0. The van der Waals surface area contributed by atoms with Gasteiger partial charge in [-0.2, -0.15) is 5.26 Å². The van der Waals surface area contributed by atoms with E-state index in [1.54, 1.807) is 6.92 Å². The predicted octanol–water partition coefficient (Wildman–Crippen LogP) is 4.41. The number of hydrogen-bond acceptors (Lipinski definition) is 6. The van der Waals surface area contributed by atoms with Crippen LogP contribution in [0.2, 0.25) is 0 Å². The highest BCUT2D eigenvalue weighted by Crippen LogP contribution is 2.47. The fourth-order valence-electron chi connectivity index (χ4n) is 3.60. The number of anilines is 1. The van der Waals surface area contributed by atoms with Crippen LogP contribution in [0.15, 0.2) is 46.8 Å². The fraction of sp³-hybridized carbons (Fsp3) is 0.381. The number of nitriles is 1. The van der Waals surface area contributed by atoms with Crippen LogP contribution in [0.4, 0.5) is 5.69 Å². The molecule has 4 atom stereocenters. The fourth-order valence-corrected chi connectivity index (χ4v) is 5.42. The van der Waals surface area contributed by atoms with E-state index in [1.807, 2.05) is 55.6 Å². The summed E-state index contributed by atoms with van der Waals surface area (Å²) in [7, 11) is 0. The van der Waals surface area contributed by atoms with Crippen molar-refractivity contribution in [2.45, 2.75) is 32.4 Å². The molecule has 0 aliphatic carbocycles. The van der Waals surface area contributed by atoms with Crippen molar-refractivity contribution < 1.29 is 9.90 Å². The number of amides is 1. The van der Waals surface area contributed by atoms with E-state index in [0.29, 0.717) is 10.7 Å². The second-order valence-electron chi connectivity index (χ2n) is 6.91. The van der Waals surface area contributed by atoms with Crippen LogP contribution in [0.25, 0.3) is 0 Å². The number of hydrogen-bond donors (Lipinski definition) is 2. The predicted molar refractivity (Wildman–Crippen MR) is 116 cm³/mol. The van der Waals surface area contributed by atoms with Crippen molar-refractivity contribution in [2.24, 2.45) is 16.8 Å². The van der Waals surface area contributed by atoms with Gasteiger partial charge in [0.05, 0.1) is 17.0 Å². The first-order chi connectivity index (χ1) is 13.4. The number of benzene rings is 1. The standard InChI is InChI=1S/C21H23N3O2S2/c1-4-27-20-14(12-22)17(16-10-7-11-28-16)18(21(3,26)24-20)19(25)23-15-9-6-5-8-13(15)2/h5-11,14,17-18,26H,4H2,1-3H3,(H,23,25)/t14?,17-,18+,21-/m1/s1. The normalized spacial score (nSPS) is 27.0.